The first-order chi connectivity index (χ1) is 7.12. The van der Waals surface area contributed by atoms with Gasteiger partial charge in [0.1, 0.15) is 0 Å². The first kappa shape index (κ1) is 12.8. The van der Waals surface area contributed by atoms with Gasteiger partial charge in [-0.15, -0.1) is 0 Å². The Hall–Kier alpha value is -0.260. The fourth-order valence-electron chi connectivity index (χ4n) is 2.13. The first-order valence-electron chi connectivity index (χ1n) is 5.38. The summed E-state index contributed by atoms with van der Waals surface area (Å²) in [6.45, 7) is 0.144. The van der Waals surface area contributed by atoms with Crippen molar-refractivity contribution >= 4 is 0 Å². The Morgan fingerprint density at radius 2 is 2.07 bits per heavy atom. The van der Waals surface area contributed by atoms with Gasteiger partial charge in [-0.05, 0) is 25.7 Å². The standard InChI is InChI=1S/C10H20F2N2O/c1-15-8-2-4-10(7-13,5-3-8)14-6-9(11)12/h8-9,14H,2-7,13H2,1H3. The molecular weight excluding hydrogens is 202 g/mol. The number of rotatable bonds is 5. The Labute approximate surface area is 89.4 Å². The molecule has 0 saturated heterocycles. The van der Waals surface area contributed by atoms with E-state index >= 15 is 0 Å². The van der Waals surface area contributed by atoms with E-state index in [1.807, 2.05) is 0 Å². The van der Waals surface area contributed by atoms with Crippen LogP contribution in [0.25, 0.3) is 0 Å². The predicted octanol–water partition coefficient (Wildman–Crippen LogP) is 1.13. The van der Waals surface area contributed by atoms with Crippen LogP contribution in [-0.2, 0) is 4.74 Å². The van der Waals surface area contributed by atoms with Gasteiger partial charge in [-0.3, -0.25) is 0 Å². The molecule has 0 heterocycles. The number of nitrogens with two attached hydrogens (primary N) is 1. The fraction of sp³-hybridized carbons (Fsp3) is 1.00. The van der Waals surface area contributed by atoms with Crippen molar-refractivity contribution in [1.29, 1.82) is 0 Å². The number of alkyl halides is 2. The molecular formula is C10H20F2N2O. The van der Waals surface area contributed by atoms with Crippen molar-refractivity contribution < 1.29 is 13.5 Å². The minimum Gasteiger partial charge on any atom is -0.381 e. The zero-order valence-corrected chi connectivity index (χ0v) is 9.14. The third-order valence-corrected chi connectivity index (χ3v) is 3.25. The highest BCUT2D eigenvalue weighted by atomic mass is 19.3. The highest BCUT2D eigenvalue weighted by Crippen LogP contribution is 2.29. The molecule has 3 nitrogen and oxygen atoms in total. The van der Waals surface area contributed by atoms with Gasteiger partial charge in [0, 0.05) is 19.2 Å². The van der Waals surface area contributed by atoms with Gasteiger partial charge in [-0.1, -0.05) is 0 Å². The highest BCUT2D eigenvalue weighted by Gasteiger charge is 2.34. The van der Waals surface area contributed by atoms with Crippen molar-refractivity contribution in [3.8, 4) is 0 Å². The summed E-state index contributed by atoms with van der Waals surface area (Å²) < 4.78 is 29.5. The number of hydrogen-bond donors (Lipinski definition) is 2. The first-order valence-corrected chi connectivity index (χ1v) is 5.38. The quantitative estimate of drug-likeness (QED) is 0.733. The van der Waals surface area contributed by atoms with Crippen molar-refractivity contribution in [1.82, 2.24) is 5.32 Å². The van der Waals surface area contributed by atoms with Crippen LogP contribution in [0.5, 0.6) is 0 Å². The maximum atomic E-state index is 12.1. The molecule has 1 aliphatic rings. The molecule has 1 aliphatic carbocycles. The molecule has 5 heteroatoms. The van der Waals surface area contributed by atoms with Gasteiger partial charge in [0.15, 0.2) is 0 Å². The van der Waals surface area contributed by atoms with Gasteiger partial charge < -0.3 is 15.8 Å². The Kier molecular flexibility index (Phi) is 4.89. The highest BCUT2D eigenvalue weighted by molar-refractivity contribution is 4.94. The second-order valence-corrected chi connectivity index (χ2v) is 4.19. The average molecular weight is 222 g/mol. The Balaban J connectivity index is 2.41. The number of hydrogen-bond acceptors (Lipinski definition) is 3. The van der Waals surface area contributed by atoms with E-state index in [-0.39, 0.29) is 18.2 Å². The largest absolute Gasteiger partial charge is 0.381 e. The van der Waals surface area contributed by atoms with Crippen molar-refractivity contribution in [2.45, 2.75) is 43.8 Å². The molecule has 0 amide bonds. The Bertz CT molecular complexity index is 182. The molecule has 1 saturated carbocycles. The molecule has 0 bridgehead atoms. The third kappa shape index (κ3) is 3.66. The van der Waals surface area contributed by atoms with Crippen molar-refractivity contribution in [3.63, 3.8) is 0 Å². The van der Waals surface area contributed by atoms with E-state index in [0.717, 1.165) is 25.7 Å². The van der Waals surface area contributed by atoms with Crippen LogP contribution in [0.1, 0.15) is 25.7 Å². The summed E-state index contributed by atoms with van der Waals surface area (Å²) in [5.74, 6) is 0. The Morgan fingerprint density at radius 1 is 1.47 bits per heavy atom. The fourth-order valence-corrected chi connectivity index (χ4v) is 2.13. The molecule has 0 atom stereocenters. The van der Waals surface area contributed by atoms with E-state index in [9.17, 15) is 8.78 Å². The van der Waals surface area contributed by atoms with E-state index in [2.05, 4.69) is 5.32 Å². The van der Waals surface area contributed by atoms with Crippen molar-refractivity contribution in [2.75, 3.05) is 20.2 Å². The zero-order chi connectivity index (χ0) is 11.3. The molecule has 0 spiro atoms. The van der Waals surface area contributed by atoms with Gasteiger partial charge in [0.25, 0.3) is 6.43 Å². The zero-order valence-electron chi connectivity index (χ0n) is 9.14. The summed E-state index contributed by atoms with van der Waals surface area (Å²) in [6, 6.07) is 0. The topological polar surface area (TPSA) is 47.3 Å². The molecule has 3 N–H and O–H groups in total. The molecule has 0 aliphatic heterocycles. The minimum atomic E-state index is -2.31. The molecule has 15 heavy (non-hydrogen) atoms. The second-order valence-electron chi connectivity index (χ2n) is 4.19. The molecule has 0 radical (unpaired) electrons. The van der Waals surface area contributed by atoms with Crippen molar-refractivity contribution in [2.24, 2.45) is 5.73 Å². The molecule has 0 aromatic carbocycles. The van der Waals surface area contributed by atoms with Gasteiger partial charge in [0.05, 0.1) is 12.6 Å². The lowest BCUT2D eigenvalue weighted by molar-refractivity contribution is 0.0373. The number of nitrogens with one attached hydrogen (secondary N) is 1. The SMILES string of the molecule is COC1CCC(CN)(NCC(F)F)CC1. The van der Waals surface area contributed by atoms with Gasteiger partial charge in [0.2, 0.25) is 0 Å². The van der Waals surface area contributed by atoms with Crippen LogP contribution in [-0.4, -0.2) is 38.3 Å². The van der Waals surface area contributed by atoms with Crippen molar-refractivity contribution in [3.05, 3.63) is 0 Å². The van der Waals surface area contributed by atoms with Gasteiger partial charge in [-0.25, -0.2) is 8.78 Å². The number of ether oxygens (including phenoxy) is 1. The maximum absolute atomic E-state index is 12.1. The lowest BCUT2D eigenvalue weighted by Crippen LogP contribution is -2.55. The van der Waals surface area contributed by atoms with Crippen LogP contribution in [0.3, 0.4) is 0 Å². The molecule has 1 fully saturated rings. The smallest absolute Gasteiger partial charge is 0.250 e. The van der Waals surface area contributed by atoms with Crippen LogP contribution in [0.4, 0.5) is 8.78 Å². The van der Waals surface area contributed by atoms with Crippen LogP contribution >= 0.6 is 0 Å². The molecule has 0 aromatic heterocycles. The van der Waals surface area contributed by atoms with E-state index in [0.29, 0.717) is 6.54 Å². The summed E-state index contributed by atoms with van der Waals surface area (Å²) in [6.07, 6.45) is 1.36. The summed E-state index contributed by atoms with van der Waals surface area (Å²) in [4.78, 5) is 0. The average Bonchev–Trinajstić information content (AvgIpc) is 2.27. The number of methoxy groups -OCH3 is 1. The lowest BCUT2D eigenvalue weighted by Gasteiger charge is -2.39. The minimum absolute atomic E-state index is 0.262. The summed E-state index contributed by atoms with van der Waals surface area (Å²) in [7, 11) is 1.69. The molecule has 90 valence electrons. The van der Waals surface area contributed by atoms with E-state index in [4.69, 9.17) is 10.5 Å². The van der Waals surface area contributed by atoms with Gasteiger partial charge >= 0.3 is 0 Å². The normalized spacial score (nSPS) is 32.2. The Morgan fingerprint density at radius 3 is 2.47 bits per heavy atom. The second kappa shape index (κ2) is 5.72. The van der Waals surface area contributed by atoms with Crippen LogP contribution in [0.2, 0.25) is 0 Å². The monoisotopic (exact) mass is 222 g/mol. The predicted molar refractivity (Wildman–Crippen MR) is 55.1 cm³/mol. The summed E-state index contributed by atoms with van der Waals surface area (Å²) in [5, 5.41) is 2.90. The van der Waals surface area contributed by atoms with E-state index in [1.165, 1.54) is 0 Å². The van der Waals surface area contributed by atoms with E-state index in [1.54, 1.807) is 7.11 Å². The summed E-state index contributed by atoms with van der Waals surface area (Å²) in [5.41, 5.74) is 5.36. The van der Waals surface area contributed by atoms with Crippen LogP contribution in [0, 0.1) is 0 Å². The summed E-state index contributed by atoms with van der Waals surface area (Å²) >= 11 is 0. The van der Waals surface area contributed by atoms with E-state index < -0.39 is 6.43 Å². The third-order valence-electron chi connectivity index (χ3n) is 3.25. The molecule has 0 aromatic rings. The number of halogens is 2. The molecule has 1 rings (SSSR count). The van der Waals surface area contributed by atoms with Crippen LogP contribution in [0.15, 0.2) is 0 Å². The van der Waals surface area contributed by atoms with Crippen LogP contribution < -0.4 is 11.1 Å². The maximum Gasteiger partial charge on any atom is 0.250 e. The lowest BCUT2D eigenvalue weighted by atomic mass is 9.80. The van der Waals surface area contributed by atoms with Gasteiger partial charge in [-0.2, -0.15) is 0 Å². The molecule has 0 unspecified atom stereocenters.